The van der Waals surface area contributed by atoms with Gasteiger partial charge in [0.15, 0.2) is 5.96 Å². The molecule has 0 fully saturated rings. The van der Waals surface area contributed by atoms with Gasteiger partial charge in [-0.1, -0.05) is 28.1 Å². The number of rotatable bonds is 5. The summed E-state index contributed by atoms with van der Waals surface area (Å²) in [6.07, 6.45) is 0. The quantitative estimate of drug-likeness (QED) is 0.364. The molecule has 0 radical (unpaired) electrons. The number of hydrogen-bond donors (Lipinski definition) is 2. The SMILES string of the molecule is CN=C(NCc1cccc(OC)c1)NCc1cc(Br)ccc1F.I. The van der Waals surface area contributed by atoms with Crippen molar-refractivity contribution in [3.63, 3.8) is 0 Å². The van der Waals surface area contributed by atoms with E-state index in [0.29, 0.717) is 24.6 Å². The van der Waals surface area contributed by atoms with Gasteiger partial charge in [0, 0.05) is 30.2 Å². The van der Waals surface area contributed by atoms with Crippen LogP contribution in [0.1, 0.15) is 11.1 Å². The van der Waals surface area contributed by atoms with Gasteiger partial charge in [-0.3, -0.25) is 4.99 Å². The number of halogens is 3. The summed E-state index contributed by atoms with van der Waals surface area (Å²) in [5.74, 6) is 1.17. The Labute approximate surface area is 167 Å². The Bertz CT molecular complexity index is 697. The van der Waals surface area contributed by atoms with Crippen LogP contribution in [0.25, 0.3) is 0 Å². The van der Waals surface area contributed by atoms with Gasteiger partial charge in [0.05, 0.1) is 7.11 Å². The Morgan fingerprint density at radius 1 is 1.17 bits per heavy atom. The number of ether oxygens (including phenoxy) is 1. The molecule has 24 heavy (non-hydrogen) atoms. The lowest BCUT2D eigenvalue weighted by Gasteiger charge is -2.13. The smallest absolute Gasteiger partial charge is 0.191 e. The molecule has 0 atom stereocenters. The molecule has 0 saturated heterocycles. The minimum Gasteiger partial charge on any atom is -0.497 e. The normalized spacial score (nSPS) is 10.8. The Kier molecular flexibility index (Phi) is 9.05. The highest BCUT2D eigenvalue weighted by Crippen LogP contribution is 2.15. The van der Waals surface area contributed by atoms with Crippen LogP contribution in [0.3, 0.4) is 0 Å². The molecule has 2 rings (SSSR count). The number of aliphatic imine (C=N–C) groups is 1. The van der Waals surface area contributed by atoms with Crippen molar-refractivity contribution in [1.29, 1.82) is 0 Å². The second-order valence-electron chi connectivity index (χ2n) is 4.87. The van der Waals surface area contributed by atoms with Crippen molar-refractivity contribution >= 4 is 45.9 Å². The van der Waals surface area contributed by atoms with E-state index in [-0.39, 0.29) is 29.8 Å². The van der Waals surface area contributed by atoms with Gasteiger partial charge in [0.25, 0.3) is 0 Å². The molecule has 0 aliphatic carbocycles. The molecule has 2 N–H and O–H groups in total. The van der Waals surface area contributed by atoms with Gasteiger partial charge >= 0.3 is 0 Å². The van der Waals surface area contributed by atoms with E-state index in [9.17, 15) is 4.39 Å². The summed E-state index contributed by atoms with van der Waals surface area (Å²) >= 11 is 3.34. The molecule has 4 nitrogen and oxygen atoms in total. The zero-order valence-electron chi connectivity index (χ0n) is 13.5. The van der Waals surface area contributed by atoms with Crippen molar-refractivity contribution in [3.8, 4) is 5.75 Å². The Morgan fingerprint density at radius 3 is 2.62 bits per heavy atom. The highest BCUT2D eigenvalue weighted by atomic mass is 127. The van der Waals surface area contributed by atoms with E-state index in [1.807, 2.05) is 24.3 Å². The Morgan fingerprint density at radius 2 is 1.92 bits per heavy atom. The molecule has 0 spiro atoms. The van der Waals surface area contributed by atoms with Crippen molar-refractivity contribution in [2.24, 2.45) is 4.99 Å². The third kappa shape index (κ3) is 6.27. The van der Waals surface area contributed by atoms with E-state index in [1.165, 1.54) is 6.07 Å². The van der Waals surface area contributed by atoms with Crippen LogP contribution in [0.15, 0.2) is 51.9 Å². The van der Waals surface area contributed by atoms with Gasteiger partial charge in [-0.2, -0.15) is 0 Å². The standard InChI is InChI=1S/C17H19BrFN3O.HI/c1-20-17(21-10-12-4-3-5-15(8-12)23-2)22-11-13-9-14(18)6-7-16(13)19;/h3-9H,10-11H2,1-2H3,(H2,20,21,22);1H. The molecule has 0 aliphatic rings. The van der Waals surface area contributed by atoms with Gasteiger partial charge in [0.1, 0.15) is 11.6 Å². The highest BCUT2D eigenvalue weighted by Gasteiger charge is 2.05. The molecule has 7 heteroatoms. The fourth-order valence-electron chi connectivity index (χ4n) is 2.05. The van der Waals surface area contributed by atoms with E-state index in [2.05, 4.69) is 31.6 Å². The minimum atomic E-state index is -0.246. The monoisotopic (exact) mass is 507 g/mol. The van der Waals surface area contributed by atoms with Gasteiger partial charge in [-0.25, -0.2) is 4.39 Å². The first-order valence-corrected chi connectivity index (χ1v) is 7.93. The number of benzene rings is 2. The van der Waals surface area contributed by atoms with Crippen LogP contribution in [0.4, 0.5) is 4.39 Å². The van der Waals surface area contributed by atoms with Crippen LogP contribution < -0.4 is 15.4 Å². The lowest BCUT2D eigenvalue weighted by atomic mass is 10.2. The Hall–Kier alpha value is -1.35. The van der Waals surface area contributed by atoms with Crippen LogP contribution in [0.2, 0.25) is 0 Å². The predicted octanol–water partition coefficient (Wildman–Crippen LogP) is 4.08. The van der Waals surface area contributed by atoms with Crippen LogP contribution in [0.5, 0.6) is 5.75 Å². The number of hydrogen-bond acceptors (Lipinski definition) is 2. The van der Waals surface area contributed by atoms with E-state index in [0.717, 1.165) is 15.8 Å². The molecule has 0 bridgehead atoms. The molecule has 2 aromatic carbocycles. The molecule has 0 saturated carbocycles. The number of guanidine groups is 1. The van der Waals surface area contributed by atoms with E-state index in [1.54, 1.807) is 26.3 Å². The van der Waals surface area contributed by atoms with Gasteiger partial charge in [-0.05, 0) is 35.9 Å². The van der Waals surface area contributed by atoms with Crippen LogP contribution in [-0.2, 0) is 13.1 Å². The van der Waals surface area contributed by atoms with Gasteiger partial charge in [0.2, 0.25) is 0 Å². The number of methoxy groups -OCH3 is 1. The summed E-state index contributed by atoms with van der Waals surface area (Å²) < 4.78 is 19.8. The molecule has 130 valence electrons. The second-order valence-corrected chi connectivity index (χ2v) is 5.78. The zero-order chi connectivity index (χ0) is 16.7. The molecule has 0 unspecified atom stereocenters. The topological polar surface area (TPSA) is 45.7 Å². The maximum atomic E-state index is 13.7. The van der Waals surface area contributed by atoms with Crippen molar-refractivity contribution in [3.05, 3.63) is 63.9 Å². The first-order chi connectivity index (χ1) is 11.1. The van der Waals surface area contributed by atoms with Crippen LogP contribution in [0, 0.1) is 5.82 Å². The van der Waals surface area contributed by atoms with E-state index in [4.69, 9.17) is 4.74 Å². The number of nitrogens with zero attached hydrogens (tertiary/aromatic N) is 1. The molecule has 0 heterocycles. The lowest BCUT2D eigenvalue weighted by Crippen LogP contribution is -2.36. The Balaban J connectivity index is 0.00000288. The summed E-state index contributed by atoms with van der Waals surface area (Å²) in [6.45, 7) is 0.945. The van der Waals surface area contributed by atoms with E-state index < -0.39 is 0 Å². The summed E-state index contributed by atoms with van der Waals surface area (Å²) in [6, 6.07) is 12.6. The average molecular weight is 508 g/mol. The third-order valence-electron chi connectivity index (χ3n) is 3.27. The zero-order valence-corrected chi connectivity index (χ0v) is 17.4. The highest BCUT2D eigenvalue weighted by molar-refractivity contribution is 14.0. The molecular weight excluding hydrogens is 488 g/mol. The largest absolute Gasteiger partial charge is 0.497 e. The molecular formula is C17H20BrFIN3O. The fourth-order valence-corrected chi connectivity index (χ4v) is 2.46. The summed E-state index contributed by atoms with van der Waals surface area (Å²) in [5, 5.41) is 6.29. The fraction of sp³-hybridized carbons (Fsp3) is 0.235. The first kappa shape index (κ1) is 20.7. The second kappa shape index (κ2) is 10.5. The van der Waals surface area contributed by atoms with Gasteiger partial charge < -0.3 is 15.4 Å². The molecule has 0 amide bonds. The predicted molar refractivity (Wildman–Crippen MR) is 110 cm³/mol. The van der Waals surface area contributed by atoms with Crippen molar-refractivity contribution in [2.75, 3.05) is 14.2 Å². The van der Waals surface area contributed by atoms with E-state index >= 15 is 0 Å². The third-order valence-corrected chi connectivity index (χ3v) is 3.77. The average Bonchev–Trinajstić information content (AvgIpc) is 2.58. The minimum absolute atomic E-state index is 0. The summed E-state index contributed by atoms with van der Waals surface area (Å²) in [4.78, 5) is 4.14. The summed E-state index contributed by atoms with van der Waals surface area (Å²) in [7, 11) is 3.32. The lowest BCUT2D eigenvalue weighted by molar-refractivity contribution is 0.414. The van der Waals surface area contributed by atoms with Crippen LogP contribution in [-0.4, -0.2) is 20.1 Å². The van der Waals surface area contributed by atoms with Crippen molar-refractivity contribution in [1.82, 2.24) is 10.6 Å². The molecule has 2 aromatic rings. The molecule has 0 aliphatic heterocycles. The van der Waals surface area contributed by atoms with Gasteiger partial charge in [-0.15, -0.1) is 24.0 Å². The summed E-state index contributed by atoms with van der Waals surface area (Å²) in [5.41, 5.74) is 1.64. The maximum absolute atomic E-state index is 13.7. The van der Waals surface area contributed by atoms with Crippen molar-refractivity contribution < 1.29 is 9.13 Å². The maximum Gasteiger partial charge on any atom is 0.191 e. The van der Waals surface area contributed by atoms with Crippen molar-refractivity contribution in [2.45, 2.75) is 13.1 Å². The number of nitrogens with one attached hydrogen (secondary N) is 2. The molecule has 0 aromatic heterocycles. The van der Waals surface area contributed by atoms with Crippen LogP contribution >= 0.6 is 39.9 Å². The first-order valence-electron chi connectivity index (χ1n) is 7.13.